The van der Waals surface area contributed by atoms with E-state index in [0.29, 0.717) is 37.1 Å². The van der Waals surface area contributed by atoms with Gasteiger partial charge in [-0.2, -0.15) is 0 Å². The number of hydrogen-bond donors (Lipinski definition) is 7. The average molecular weight is 1180 g/mol. The molecule has 0 bridgehead atoms. The van der Waals surface area contributed by atoms with Crippen molar-refractivity contribution in [2.75, 3.05) is 46.4 Å². The molecule has 4 fully saturated rings. The molecule has 85 heavy (non-hydrogen) atoms. The summed E-state index contributed by atoms with van der Waals surface area (Å²) in [4.78, 5) is 53.9. The van der Waals surface area contributed by atoms with Gasteiger partial charge in [0.05, 0.1) is 56.6 Å². The number of nitrogens with one attached hydrogen (secondary N) is 4. The number of ether oxygens (including phenoxy) is 1. The van der Waals surface area contributed by atoms with Crippen LogP contribution in [0.4, 0.5) is 17.6 Å². The molecule has 18 heteroatoms. The predicted octanol–water partition coefficient (Wildman–Crippen LogP) is 8.79. The van der Waals surface area contributed by atoms with E-state index < -0.39 is 71.5 Å². The molecular formula is C67H93F4N7O7. The van der Waals surface area contributed by atoms with Crippen molar-refractivity contribution in [3.8, 4) is 0 Å². The number of methoxy groups -OCH3 is 1. The van der Waals surface area contributed by atoms with Gasteiger partial charge in [-0.15, -0.1) is 0 Å². The standard InChI is InChI=1S/C34H47F2N3O4.C33H46F2N4O3/c1-33(2,3)24-10-8-11-25(19-24)34(13-6-5-7-14-34)37-21-30(40)28(18-23-16-26(35)20-27(36)17-23)38-32(42)29-12-9-15-39(29)22-31(41)43-4;1-32(2,3)23-9-7-10-24(18-23)33(12-5-4-6-13-33)37-20-29(40)27(17-22-15-25(34)19-26(35)16-22)38-31(42)28-11-8-14-39(28)21-30(36)41/h8,10-11,16-17,19-20,28-30,37,40H,5-7,9,12-15,18,21-22H2,1-4H3,(H,38,42);7,9-10,15-16,18-19,27-29,37,40H,4-6,8,11-14,17,20-21H2,1-3H3,(H2,36,41)(H,38,42)/t28-,29?,30+;27-,28?,29+/m00/s1. The molecule has 6 atom stereocenters. The predicted molar refractivity (Wildman–Crippen MR) is 322 cm³/mol. The van der Waals surface area contributed by atoms with Crippen molar-refractivity contribution in [3.63, 3.8) is 0 Å². The molecule has 2 saturated heterocycles. The van der Waals surface area contributed by atoms with Crippen molar-refractivity contribution in [2.45, 2.75) is 203 Å². The maximum atomic E-state index is 14.1. The number of aliphatic hydroxyl groups excluding tert-OH is 2. The first-order chi connectivity index (χ1) is 40.3. The highest BCUT2D eigenvalue weighted by Crippen LogP contribution is 2.40. The highest BCUT2D eigenvalue weighted by Gasteiger charge is 2.40. The summed E-state index contributed by atoms with van der Waals surface area (Å²) >= 11 is 0. The molecular weight excluding hydrogens is 1090 g/mol. The van der Waals surface area contributed by atoms with Crippen LogP contribution in [-0.2, 0) is 58.7 Å². The number of halogens is 4. The van der Waals surface area contributed by atoms with Crippen LogP contribution in [0.15, 0.2) is 84.9 Å². The third-order valence-corrected chi connectivity index (χ3v) is 17.9. The summed E-state index contributed by atoms with van der Waals surface area (Å²) in [5.74, 6) is -4.46. The summed E-state index contributed by atoms with van der Waals surface area (Å²) in [6, 6.07) is 21.0. The number of amides is 3. The number of esters is 1. The van der Waals surface area contributed by atoms with E-state index in [1.165, 1.54) is 53.6 Å². The molecule has 2 saturated carbocycles. The lowest BCUT2D eigenvalue weighted by Crippen LogP contribution is -2.56. The van der Waals surface area contributed by atoms with Crippen LogP contribution in [0.25, 0.3) is 0 Å². The molecule has 2 unspecified atom stereocenters. The molecule has 4 aliphatic rings. The van der Waals surface area contributed by atoms with E-state index in [9.17, 15) is 47.0 Å². The van der Waals surface area contributed by atoms with E-state index in [2.05, 4.69) is 111 Å². The number of nitrogens with zero attached hydrogens (tertiary/aromatic N) is 2. The Balaban J connectivity index is 0.000000244. The van der Waals surface area contributed by atoms with Crippen LogP contribution in [0.1, 0.15) is 165 Å². The van der Waals surface area contributed by atoms with Crippen LogP contribution in [-0.4, -0.2) is 126 Å². The highest BCUT2D eigenvalue weighted by atomic mass is 19.1. The lowest BCUT2D eigenvalue weighted by atomic mass is 9.74. The molecule has 2 heterocycles. The van der Waals surface area contributed by atoms with Crippen molar-refractivity contribution in [2.24, 2.45) is 5.73 Å². The normalized spacial score (nSPS) is 20.5. The van der Waals surface area contributed by atoms with Crippen molar-refractivity contribution in [1.82, 2.24) is 31.1 Å². The summed E-state index contributed by atoms with van der Waals surface area (Å²) in [6.45, 7) is 14.6. The third-order valence-electron chi connectivity index (χ3n) is 17.9. The molecule has 0 aromatic heterocycles. The first-order valence-corrected chi connectivity index (χ1v) is 30.7. The van der Waals surface area contributed by atoms with E-state index in [1.54, 1.807) is 9.80 Å². The fraction of sp³-hybridized carbons (Fsp3) is 0.582. The van der Waals surface area contributed by atoms with E-state index in [0.717, 1.165) is 89.2 Å². The van der Waals surface area contributed by atoms with Crippen LogP contribution in [0.2, 0.25) is 0 Å². The van der Waals surface area contributed by atoms with E-state index in [4.69, 9.17) is 10.5 Å². The number of rotatable bonds is 22. The number of likely N-dealkylation sites (tertiary alicyclic amines) is 2. The Morgan fingerprint density at radius 1 is 0.576 bits per heavy atom. The van der Waals surface area contributed by atoms with Gasteiger partial charge in [0.1, 0.15) is 23.3 Å². The molecule has 3 amide bonds. The van der Waals surface area contributed by atoms with Gasteiger partial charge in [0.25, 0.3) is 0 Å². The minimum absolute atomic E-state index is 0.00534. The van der Waals surface area contributed by atoms with Crippen molar-refractivity contribution in [3.05, 3.63) is 142 Å². The lowest BCUT2D eigenvalue weighted by Gasteiger charge is -2.41. The maximum absolute atomic E-state index is 14.1. The van der Waals surface area contributed by atoms with Crippen molar-refractivity contribution in [1.29, 1.82) is 0 Å². The zero-order chi connectivity index (χ0) is 61.7. The fourth-order valence-corrected chi connectivity index (χ4v) is 13.0. The minimum Gasteiger partial charge on any atom is -0.468 e. The molecule has 2 aliphatic carbocycles. The van der Waals surface area contributed by atoms with Crippen LogP contribution >= 0.6 is 0 Å². The molecule has 0 spiro atoms. The first kappa shape index (κ1) is 66.8. The smallest absolute Gasteiger partial charge is 0.319 e. The van der Waals surface area contributed by atoms with E-state index >= 15 is 0 Å². The molecule has 4 aromatic carbocycles. The van der Waals surface area contributed by atoms with Gasteiger partial charge in [0, 0.05) is 36.3 Å². The monoisotopic (exact) mass is 1180 g/mol. The summed E-state index contributed by atoms with van der Waals surface area (Å²) in [5, 5.41) is 36.4. The van der Waals surface area contributed by atoms with Gasteiger partial charge < -0.3 is 42.0 Å². The Bertz CT molecular complexity index is 2840. The van der Waals surface area contributed by atoms with Crippen molar-refractivity contribution < 1.29 is 51.7 Å². The van der Waals surface area contributed by atoms with Gasteiger partial charge in [-0.25, -0.2) is 17.6 Å². The Kier molecular flexibility index (Phi) is 23.4. The van der Waals surface area contributed by atoms with Gasteiger partial charge >= 0.3 is 5.97 Å². The summed E-state index contributed by atoms with van der Waals surface area (Å²) < 4.78 is 61.1. The van der Waals surface area contributed by atoms with Crippen LogP contribution < -0.4 is 27.0 Å². The number of primary amides is 1. The summed E-state index contributed by atoms with van der Waals surface area (Å²) in [7, 11) is 1.31. The summed E-state index contributed by atoms with van der Waals surface area (Å²) in [6.07, 6.45) is 10.8. The summed E-state index contributed by atoms with van der Waals surface area (Å²) in [5.41, 5.74) is 10.2. The van der Waals surface area contributed by atoms with Gasteiger partial charge in [-0.1, -0.05) is 129 Å². The van der Waals surface area contributed by atoms with E-state index in [-0.39, 0.29) is 72.7 Å². The zero-order valence-corrected chi connectivity index (χ0v) is 51.0. The number of benzene rings is 4. The number of carbonyl (C=O) groups excluding carboxylic acids is 4. The highest BCUT2D eigenvalue weighted by molar-refractivity contribution is 5.84. The molecule has 2 aliphatic heterocycles. The van der Waals surface area contributed by atoms with Crippen LogP contribution in [0, 0.1) is 23.3 Å². The maximum Gasteiger partial charge on any atom is 0.319 e. The second-order valence-electron chi connectivity index (χ2n) is 26.3. The number of aliphatic hydroxyl groups is 2. The Morgan fingerprint density at radius 3 is 1.31 bits per heavy atom. The van der Waals surface area contributed by atoms with Crippen LogP contribution in [0.3, 0.4) is 0 Å². The first-order valence-electron chi connectivity index (χ1n) is 30.7. The molecule has 0 radical (unpaired) electrons. The van der Waals surface area contributed by atoms with Gasteiger partial charge in [0.15, 0.2) is 0 Å². The number of hydrogen-bond acceptors (Lipinski definition) is 11. The average Bonchev–Trinajstić information content (AvgIpc) is 2.80. The number of carbonyl (C=O) groups is 4. The molecule has 8 rings (SSSR count). The second kappa shape index (κ2) is 29.8. The molecule has 466 valence electrons. The minimum atomic E-state index is -1.05. The SMILES string of the molecule is CC(C)(C)c1cccc(C2(NC[C@@H](O)[C@H](Cc3cc(F)cc(F)c3)NC(=O)C3CCCN3CC(N)=O)CCCCC2)c1.COC(=O)CN1CCCC1C(=O)N[C@@H](Cc1cc(F)cc(F)c1)[C@H](O)CNC1(c2cccc(C(C)(C)C)c2)CCCCC1. The Morgan fingerprint density at radius 2 is 0.953 bits per heavy atom. The molecule has 4 aromatic rings. The molecule has 14 nitrogen and oxygen atoms in total. The Labute approximate surface area is 500 Å². The zero-order valence-electron chi connectivity index (χ0n) is 51.0. The quantitative estimate of drug-likeness (QED) is 0.0293. The third kappa shape index (κ3) is 18.6. The largest absolute Gasteiger partial charge is 0.468 e. The topological polar surface area (TPSA) is 199 Å². The lowest BCUT2D eigenvalue weighted by molar-refractivity contribution is -0.143. The van der Waals surface area contributed by atoms with Gasteiger partial charge in [-0.05, 0) is 146 Å². The van der Waals surface area contributed by atoms with Gasteiger partial charge in [-0.3, -0.25) is 29.0 Å². The second-order valence-corrected chi connectivity index (χ2v) is 26.3. The van der Waals surface area contributed by atoms with E-state index in [1.807, 2.05) is 0 Å². The van der Waals surface area contributed by atoms with Crippen LogP contribution in [0.5, 0.6) is 0 Å². The van der Waals surface area contributed by atoms with Gasteiger partial charge in [0.2, 0.25) is 17.7 Å². The Hall–Kier alpha value is -5.76. The number of nitrogens with two attached hydrogens (primary N) is 1. The molecule has 8 N–H and O–H groups in total. The van der Waals surface area contributed by atoms with Crippen molar-refractivity contribution >= 4 is 23.7 Å². The fourth-order valence-electron chi connectivity index (χ4n) is 13.0.